The van der Waals surface area contributed by atoms with E-state index in [1.54, 1.807) is 4.90 Å². The summed E-state index contributed by atoms with van der Waals surface area (Å²) in [7, 11) is 0. The Bertz CT molecular complexity index is 709. The monoisotopic (exact) mass is 403 g/mol. The lowest BCUT2D eigenvalue weighted by Crippen LogP contribution is -2.44. The van der Waals surface area contributed by atoms with Crippen LogP contribution in [0.4, 0.5) is 4.39 Å². The number of nitrogens with zero attached hydrogens (tertiary/aromatic N) is 1. The van der Waals surface area contributed by atoms with Gasteiger partial charge < -0.3 is 15.5 Å². The minimum atomic E-state index is -0.369. The number of halogens is 1. The Kier molecular flexibility index (Phi) is 7.61. The van der Waals surface area contributed by atoms with E-state index in [2.05, 4.69) is 10.6 Å². The number of rotatable bonds is 6. The third kappa shape index (κ3) is 6.02. The third-order valence-electron chi connectivity index (χ3n) is 5.94. The molecule has 1 saturated carbocycles. The maximum absolute atomic E-state index is 13.0. The van der Waals surface area contributed by atoms with Crippen LogP contribution in [0.2, 0.25) is 0 Å². The molecule has 0 bridgehead atoms. The molecule has 2 N–H and O–H groups in total. The number of hydrogen-bond acceptors (Lipinski definition) is 3. The largest absolute Gasteiger partial charge is 0.354 e. The van der Waals surface area contributed by atoms with Crippen molar-refractivity contribution in [3.8, 4) is 0 Å². The van der Waals surface area contributed by atoms with Crippen molar-refractivity contribution >= 4 is 17.7 Å². The number of hydrogen-bond donors (Lipinski definition) is 2. The van der Waals surface area contributed by atoms with E-state index in [9.17, 15) is 18.8 Å². The average Bonchev–Trinajstić information content (AvgIpc) is 2.77. The van der Waals surface area contributed by atoms with Crippen molar-refractivity contribution < 1.29 is 18.8 Å². The Hall–Kier alpha value is -2.44. The molecular formula is C22H30FN3O3. The molecule has 0 radical (unpaired) electrons. The number of amides is 3. The van der Waals surface area contributed by atoms with Gasteiger partial charge in [-0.15, -0.1) is 0 Å². The van der Waals surface area contributed by atoms with Crippen LogP contribution in [0.15, 0.2) is 24.3 Å². The topological polar surface area (TPSA) is 78.5 Å². The minimum Gasteiger partial charge on any atom is -0.354 e. The van der Waals surface area contributed by atoms with Crippen molar-refractivity contribution in [1.82, 2.24) is 15.5 Å². The molecule has 1 heterocycles. The van der Waals surface area contributed by atoms with Gasteiger partial charge >= 0.3 is 0 Å². The summed E-state index contributed by atoms with van der Waals surface area (Å²) >= 11 is 0. The predicted octanol–water partition coefficient (Wildman–Crippen LogP) is 2.49. The fraction of sp³-hybridized carbons (Fsp3) is 0.591. The van der Waals surface area contributed by atoms with Crippen LogP contribution in [0.1, 0.15) is 55.3 Å². The summed E-state index contributed by atoms with van der Waals surface area (Å²) < 4.78 is 13.0. The molecule has 0 unspecified atom stereocenters. The van der Waals surface area contributed by atoms with Gasteiger partial charge in [-0.2, -0.15) is 0 Å². The fourth-order valence-corrected chi connectivity index (χ4v) is 4.14. The van der Waals surface area contributed by atoms with Gasteiger partial charge in [0.15, 0.2) is 0 Å². The van der Waals surface area contributed by atoms with Gasteiger partial charge in [-0.1, -0.05) is 19.3 Å². The summed E-state index contributed by atoms with van der Waals surface area (Å²) in [6, 6.07) is 5.52. The second kappa shape index (κ2) is 10.4. The standard InChI is InChI=1S/C22H30FN3O3/c23-19-8-6-18(7-9-19)22(29)26-14-10-17(11-15-26)21(28)25-13-12-24-20(27)16-4-2-1-3-5-16/h6-9,16-17H,1-5,10-15H2,(H,24,27)(H,25,28). The van der Waals surface area contributed by atoms with E-state index in [4.69, 9.17) is 0 Å². The lowest BCUT2D eigenvalue weighted by molar-refractivity contribution is -0.127. The zero-order chi connectivity index (χ0) is 20.6. The molecule has 1 aromatic rings. The van der Waals surface area contributed by atoms with Gasteiger partial charge in [0.05, 0.1) is 0 Å². The van der Waals surface area contributed by atoms with Gasteiger partial charge in [0, 0.05) is 43.6 Å². The van der Waals surface area contributed by atoms with Crippen molar-refractivity contribution in [3.05, 3.63) is 35.6 Å². The van der Waals surface area contributed by atoms with E-state index >= 15 is 0 Å². The van der Waals surface area contributed by atoms with Gasteiger partial charge in [0.2, 0.25) is 11.8 Å². The first kappa shape index (κ1) is 21.3. The molecule has 0 spiro atoms. The Balaban J connectivity index is 1.34. The SMILES string of the molecule is O=C(NCCNC(=O)C1CCN(C(=O)c2ccc(F)cc2)CC1)C1CCCCC1. The van der Waals surface area contributed by atoms with Gasteiger partial charge in [0.1, 0.15) is 5.82 Å². The van der Waals surface area contributed by atoms with Crippen LogP contribution in [-0.2, 0) is 9.59 Å². The van der Waals surface area contributed by atoms with Crippen molar-refractivity contribution in [2.24, 2.45) is 11.8 Å². The summed E-state index contributed by atoms with van der Waals surface area (Å²) in [6.45, 7) is 1.88. The van der Waals surface area contributed by atoms with E-state index in [0.717, 1.165) is 25.7 Å². The molecule has 158 valence electrons. The van der Waals surface area contributed by atoms with Crippen LogP contribution in [-0.4, -0.2) is 48.8 Å². The highest BCUT2D eigenvalue weighted by atomic mass is 19.1. The highest BCUT2D eigenvalue weighted by molar-refractivity contribution is 5.94. The molecule has 3 amide bonds. The summed E-state index contributed by atoms with van der Waals surface area (Å²) in [6.07, 6.45) is 6.60. The lowest BCUT2D eigenvalue weighted by atomic mass is 9.89. The van der Waals surface area contributed by atoms with Gasteiger partial charge in [0.25, 0.3) is 5.91 Å². The normalized spacial score (nSPS) is 18.3. The Morgan fingerprint density at radius 1 is 0.828 bits per heavy atom. The van der Waals surface area contributed by atoms with E-state index in [0.29, 0.717) is 44.6 Å². The second-order valence-corrected chi connectivity index (χ2v) is 7.99. The smallest absolute Gasteiger partial charge is 0.253 e. The molecule has 0 aromatic heterocycles. The molecule has 7 heteroatoms. The van der Waals surface area contributed by atoms with Crippen molar-refractivity contribution in [3.63, 3.8) is 0 Å². The Labute approximate surface area is 171 Å². The molecule has 0 atom stereocenters. The van der Waals surface area contributed by atoms with E-state index < -0.39 is 0 Å². The van der Waals surface area contributed by atoms with Crippen LogP contribution >= 0.6 is 0 Å². The van der Waals surface area contributed by atoms with Crippen molar-refractivity contribution in [1.29, 1.82) is 0 Å². The Morgan fingerprint density at radius 2 is 1.34 bits per heavy atom. The number of piperidine rings is 1. The fourth-order valence-electron chi connectivity index (χ4n) is 4.14. The first-order valence-corrected chi connectivity index (χ1v) is 10.6. The first-order valence-electron chi connectivity index (χ1n) is 10.6. The highest BCUT2D eigenvalue weighted by Gasteiger charge is 2.27. The van der Waals surface area contributed by atoms with Gasteiger partial charge in [-0.25, -0.2) is 4.39 Å². The molecule has 1 aliphatic carbocycles. The van der Waals surface area contributed by atoms with Crippen LogP contribution < -0.4 is 10.6 Å². The molecule has 1 aromatic carbocycles. The summed E-state index contributed by atoms with van der Waals surface area (Å²) in [5.41, 5.74) is 0.461. The molecule has 2 aliphatic rings. The van der Waals surface area contributed by atoms with E-state index in [-0.39, 0.29) is 35.4 Å². The summed E-state index contributed by atoms with van der Waals surface area (Å²) in [4.78, 5) is 38.6. The highest BCUT2D eigenvalue weighted by Crippen LogP contribution is 2.23. The first-order chi connectivity index (χ1) is 14.0. The van der Waals surface area contributed by atoms with E-state index in [1.165, 1.54) is 30.7 Å². The van der Waals surface area contributed by atoms with E-state index in [1.807, 2.05) is 0 Å². The minimum absolute atomic E-state index is 0.0224. The number of nitrogens with one attached hydrogen (secondary N) is 2. The van der Waals surface area contributed by atoms with Crippen LogP contribution in [0.3, 0.4) is 0 Å². The predicted molar refractivity (Wildman–Crippen MR) is 108 cm³/mol. The molecule has 29 heavy (non-hydrogen) atoms. The average molecular weight is 403 g/mol. The number of benzene rings is 1. The molecule has 1 saturated heterocycles. The molecule has 6 nitrogen and oxygen atoms in total. The second-order valence-electron chi connectivity index (χ2n) is 7.99. The van der Waals surface area contributed by atoms with Crippen LogP contribution in [0, 0.1) is 17.7 Å². The number of carbonyl (C=O) groups excluding carboxylic acids is 3. The van der Waals surface area contributed by atoms with Gasteiger partial charge in [-0.3, -0.25) is 14.4 Å². The number of carbonyl (C=O) groups is 3. The maximum Gasteiger partial charge on any atom is 0.253 e. The molecular weight excluding hydrogens is 373 g/mol. The van der Waals surface area contributed by atoms with Crippen molar-refractivity contribution in [2.75, 3.05) is 26.2 Å². The molecule has 3 rings (SSSR count). The molecule has 2 fully saturated rings. The van der Waals surface area contributed by atoms with Gasteiger partial charge in [-0.05, 0) is 49.9 Å². The molecule has 1 aliphatic heterocycles. The zero-order valence-electron chi connectivity index (χ0n) is 16.8. The van der Waals surface area contributed by atoms with Crippen LogP contribution in [0.5, 0.6) is 0 Å². The quantitative estimate of drug-likeness (QED) is 0.717. The number of likely N-dealkylation sites (tertiary alicyclic amines) is 1. The Morgan fingerprint density at radius 3 is 1.90 bits per heavy atom. The van der Waals surface area contributed by atoms with Crippen LogP contribution in [0.25, 0.3) is 0 Å². The third-order valence-corrected chi connectivity index (χ3v) is 5.94. The summed E-state index contributed by atoms with van der Waals surface area (Å²) in [5, 5.41) is 5.82. The zero-order valence-corrected chi connectivity index (χ0v) is 16.8. The van der Waals surface area contributed by atoms with Crippen molar-refractivity contribution in [2.45, 2.75) is 44.9 Å². The lowest BCUT2D eigenvalue weighted by Gasteiger charge is -2.31. The maximum atomic E-state index is 13.0. The summed E-state index contributed by atoms with van der Waals surface area (Å²) in [5.74, 6) is -0.415.